The van der Waals surface area contributed by atoms with Gasteiger partial charge >= 0.3 is 0 Å². The molecule has 0 aliphatic carbocycles. The predicted molar refractivity (Wildman–Crippen MR) is 70.7 cm³/mol. The van der Waals surface area contributed by atoms with E-state index in [0.717, 1.165) is 4.90 Å². The first kappa shape index (κ1) is 13.1. The fourth-order valence-electron chi connectivity index (χ4n) is 2.51. The lowest BCUT2D eigenvalue weighted by Gasteiger charge is -2.13. The highest BCUT2D eigenvalue weighted by Gasteiger charge is 2.39. The first-order chi connectivity index (χ1) is 9.54. The molecule has 1 aliphatic heterocycles. The Labute approximate surface area is 118 Å². The second-order valence-electron chi connectivity index (χ2n) is 4.65. The van der Waals surface area contributed by atoms with Gasteiger partial charge in [0.25, 0.3) is 5.91 Å². The van der Waals surface area contributed by atoms with Gasteiger partial charge in [0.05, 0.1) is 17.8 Å². The summed E-state index contributed by atoms with van der Waals surface area (Å²) in [6, 6.07) is 3.80. The van der Waals surface area contributed by atoms with Crippen LogP contribution in [0.25, 0.3) is 11.0 Å². The molecule has 1 saturated heterocycles. The van der Waals surface area contributed by atoms with E-state index in [9.17, 15) is 14.0 Å². The van der Waals surface area contributed by atoms with Crippen LogP contribution in [0.5, 0.6) is 0 Å². The summed E-state index contributed by atoms with van der Waals surface area (Å²) in [5, 5.41) is 0. The Morgan fingerprint density at radius 1 is 1.45 bits per heavy atom. The molecule has 0 saturated carbocycles. The van der Waals surface area contributed by atoms with Crippen LogP contribution in [0.1, 0.15) is 18.3 Å². The van der Waals surface area contributed by atoms with Gasteiger partial charge in [0.1, 0.15) is 17.4 Å². The minimum atomic E-state index is -0.701. The smallest absolute Gasteiger partial charge is 0.252 e. The highest BCUT2D eigenvalue weighted by molar-refractivity contribution is 6.17. The first-order valence-corrected chi connectivity index (χ1v) is 6.59. The first-order valence-electron chi connectivity index (χ1n) is 6.06. The average molecular weight is 296 g/mol. The monoisotopic (exact) mass is 295 g/mol. The van der Waals surface area contributed by atoms with E-state index >= 15 is 0 Å². The number of hydrogen-bond acceptors (Lipinski definition) is 3. The van der Waals surface area contributed by atoms with Crippen molar-refractivity contribution in [1.82, 2.24) is 14.5 Å². The normalized spacial score (nSPS) is 19.4. The van der Waals surface area contributed by atoms with Crippen LogP contribution >= 0.6 is 11.6 Å². The van der Waals surface area contributed by atoms with Gasteiger partial charge in [0.15, 0.2) is 5.82 Å². The Hall–Kier alpha value is -1.95. The maximum atomic E-state index is 13.8. The van der Waals surface area contributed by atoms with E-state index in [1.165, 1.54) is 13.1 Å². The molecule has 104 valence electrons. The Balaban J connectivity index is 2.23. The average Bonchev–Trinajstić information content (AvgIpc) is 2.93. The van der Waals surface area contributed by atoms with Crippen LogP contribution in [0, 0.1) is 5.82 Å². The van der Waals surface area contributed by atoms with Crippen molar-refractivity contribution in [1.29, 1.82) is 0 Å². The van der Waals surface area contributed by atoms with Crippen molar-refractivity contribution < 1.29 is 14.0 Å². The number of aromatic nitrogens is 2. The molecule has 1 fully saturated rings. The molecule has 2 aromatic rings. The van der Waals surface area contributed by atoms with Gasteiger partial charge in [-0.25, -0.2) is 9.37 Å². The summed E-state index contributed by atoms with van der Waals surface area (Å²) < 4.78 is 15.3. The van der Waals surface area contributed by atoms with Crippen molar-refractivity contribution in [3.8, 4) is 0 Å². The summed E-state index contributed by atoms with van der Waals surface area (Å²) in [5.41, 5.74) is 0.639. The number of likely N-dealkylation sites (N-methyl/N-ethyl adjacent to an activating group) is 1. The summed E-state index contributed by atoms with van der Waals surface area (Å²) in [5.74, 6) is -0.648. The maximum Gasteiger partial charge on any atom is 0.252 e. The molecule has 3 rings (SSSR count). The number of rotatable bonds is 2. The largest absolute Gasteiger partial charge is 0.314 e. The zero-order valence-electron chi connectivity index (χ0n) is 10.6. The van der Waals surface area contributed by atoms with Crippen molar-refractivity contribution in [2.24, 2.45) is 0 Å². The molecule has 0 radical (unpaired) electrons. The number of imidazole rings is 1. The number of fused-ring (bicyclic) bond motifs is 1. The second-order valence-corrected chi connectivity index (χ2v) is 4.92. The van der Waals surface area contributed by atoms with E-state index < -0.39 is 11.9 Å². The molecule has 0 spiro atoms. The Kier molecular flexibility index (Phi) is 2.97. The minimum absolute atomic E-state index is 0.0375. The molecular weight excluding hydrogens is 285 g/mol. The quantitative estimate of drug-likeness (QED) is 0.627. The van der Waals surface area contributed by atoms with Crippen molar-refractivity contribution in [3.63, 3.8) is 0 Å². The number of hydrogen-bond donors (Lipinski definition) is 0. The third kappa shape index (κ3) is 1.71. The Morgan fingerprint density at radius 2 is 2.20 bits per heavy atom. The van der Waals surface area contributed by atoms with E-state index in [1.54, 1.807) is 16.7 Å². The number of nitrogens with zero attached hydrogens (tertiary/aromatic N) is 3. The number of imide groups is 1. The number of likely N-dealkylation sites (tertiary alicyclic amines) is 1. The lowest BCUT2D eigenvalue weighted by Crippen LogP contribution is -2.27. The highest BCUT2D eigenvalue weighted by atomic mass is 35.5. The zero-order valence-corrected chi connectivity index (χ0v) is 11.4. The Morgan fingerprint density at radius 3 is 2.80 bits per heavy atom. The van der Waals surface area contributed by atoms with Crippen LogP contribution in [0.2, 0.25) is 0 Å². The molecule has 7 heteroatoms. The number of halogens is 2. The number of alkyl halides is 1. The molecular formula is C13H11ClFN3O2. The number of carbonyl (C=O) groups is 2. The third-order valence-corrected chi connectivity index (χ3v) is 3.77. The fourth-order valence-corrected chi connectivity index (χ4v) is 2.70. The number of carbonyl (C=O) groups excluding carboxylic acids is 2. The standard InChI is InChI=1S/C13H11ClFN3O2/c1-17-11(19)5-9(13(17)20)18-8-4-2-3-7(15)12(8)16-10(18)6-14/h2-4,9H,5-6H2,1H3. The van der Waals surface area contributed by atoms with Gasteiger partial charge in [-0.1, -0.05) is 6.07 Å². The molecule has 1 atom stereocenters. The summed E-state index contributed by atoms with van der Waals surface area (Å²) in [7, 11) is 1.44. The van der Waals surface area contributed by atoms with Gasteiger partial charge in [0.2, 0.25) is 5.91 Å². The van der Waals surface area contributed by atoms with Gasteiger partial charge < -0.3 is 4.57 Å². The van der Waals surface area contributed by atoms with Crippen LogP contribution in [-0.2, 0) is 15.5 Å². The molecule has 5 nitrogen and oxygen atoms in total. The van der Waals surface area contributed by atoms with Gasteiger partial charge in [-0.05, 0) is 12.1 Å². The van der Waals surface area contributed by atoms with Gasteiger partial charge in [-0.3, -0.25) is 14.5 Å². The van der Waals surface area contributed by atoms with Crippen LogP contribution in [0.4, 0.5) is 4.39 Å². The molecule has 0 bridgehead atoms. The van der Waals surface area contributed by atoms with Gasteiger partial charge in [-0.2, -0.15) is 0 Å². The van der Waals surface area contributed by atoms with Crippen molar-refractivity contribution in [2.45, 2.75) is 18.3 Å². The summed E-state index contributed by atoms with van der Waals surface area (Å²) in [6.07, 6.45) is 0.0429. The molecule has 2 amide bonds. The molecule has 2 heterocycles. The van der Waals surface area contributed by atoms with Crippen LogP contribution in [0.3, 0.4) is 0 Å². The zero-order chi connectivity index (χ0) is 14.4. The molecule has 1 aromatic carbocycles. The van der Waals surface area contributed by atoms with Crippen molar-refractivity contribution in [2.75, 3.05) is 7.05 Å². The lowest BCUT2D eigenvalue weighted by molar-refractivity contribution is -0.137. The van der Waals surface area contributed by atoms with E-state index in [2.05, 4.69) is 4.98 Å². The maximum absolute atomic E-state index is 13.8. The fraction of sp³-hybridized carbons (Fsp3) is 0.308. The lowest BCUT2D eigenvalue weighted by atomic mass is 10.2. The van der Waals surface area contributed by atoms with Crippen molar-refractivity contribution in [3.05, 3.63) is 29.8 Å². The molecule has 1 aromatic heterocycles. The molecule has 1 unspecified atom stereocenters. The van der Waals surface area contributed by atoms with Gasteiger partial charge in [0, 0.05) is 7.05 Å². The summed E-state index contributed by atoms with van der Waals surface area (Å²) in [4.78, 5) is 29.0. The summed E-state index contributed by atoms with van der Waals surface area (Å²) >= 11 is 5.84. The van der Waals surface area contributed by atoms with Gasteiger partial charge in [-0.15, -0.1) is 11.6 Å². The van der Waals surface area contributed by atoms with Crippen LogP contribution in [-0.4, -0.2) is 33.3 Å². The number of para-hydroxylation sites is 1. The second kappa shape index (κ2) is 4.56. The Bertz CT molecular complexity index is 728. The molecule has 1 aliphatic rings. The van der Waals surface area contributed by atoms with Crippen LogP contribution in [0.15, 0.2) is 18.2 Å². The van der Waals surface area contributed by atoms with Crippen molar-refractivity contribution >= 4 is 34.4 Å². The van der Waals surface area contributed by atoms with E-state index in [0.29, 0.717) is 11.3 Å². The topological polar surface area (TPSA) is 55.2 Å². The predicted octanol–water partition coefficient (Wildman–Crippen LogP) is 1.84. The third-order valence-electron chi connectivity index (χ3n) is 3.53. The van der Waals surface area contributed by atoms with E-state index in [4.69, 9.17) is 11.6 Å². The molecule has 20 heavy (non-hydrogen) atoms. The SMILES string of the molecule is CN1C(=O)CC(n2c(CCl)nc3c(F)cccc32)C1=O. The highest BCUT2D eigenvalue weighted by Crippen LogP contribution is 2.30. The molecule has 0 N–H and O–H groups in total. The van der Waals surface area contributed by atoms with E-state index in [1.807, 2.05) is 0 Å². The van der Waals surface area contributed by atoms with Crippen LogP contribution < -0.4 is 0 Å². The minimum Gasteiger partial charge on any atom is -0.314 e. The number of benzene rings is 1. The van der Waals surface area contributed by atoms with E-state index in [-0.39, 0.29) is 29.6 Å². The summed E-state index contributed by atoms with van der Waals surface area (Å²) in [6.45, 7) is 0. The number of amides is 2.